The first kappa shape index (κ1) is 18.7. The lowest BCUT2D eigenvalue weighted by Crippen LogP contribution is -2.49. The highest BCUT2D eigenvalue weighted by Crippen LogP contribution is 2.17. The zero-order chi connectivity index (χ0) is 19.2. The summed E-state index contributed by atoms with van der Waals surface area (Å²) in [5, 5.41) is 4.27. The van der Waals surface area contributed by atoms with Gasteiger partial charge in [-0.3, -0.25) is 15.0 Å². The summed E-state index contributed by atoms with van der Waals surface area (Å²) >= 11 is 0. The Hall–Kier alpha value is -3.08. The van der Waals surface area contributed by atoms with Crippen LogP contribution in [0.1, 0.15) is 28.7 Å². The molecule has 0 fully saturated rings. The predicted molar refractivity (Wildman–Crippen MR) is 107 cm³/mol. The summed E-state index contributed by atoms with van der Waals surface area (Å²) in [6.07, 6.45) is 2.91. The summed E-state index contributed by atoms with van der Waals surface area (Å²) in [4.78, 5) is 24.4. The summed E-state index contributed by atoms with van der Waals surface area (Å²) in [6.45, 7) is 4.62. The number of carbonyl (C=O) groups is 2. The maximum atomic E-state index is 12.2. The lowest BCUT2D eigenvalue weighted by atomic mass is 10.1. The van der Waals surface area contributed by atoms with E-state index in [1.807, 2.05) is 44.2 Å². The molecule has 5 nitrogen and oxygen atoms in total. The van der Waals surface area contributed by atoms with E-state index in [9.17, 15) is 9.59 Å². The van der Waals surface area contributed by atoms with Crippen molar-refractivity contribution >= 4 is 17.5 Å². The number of carbonyl (C=O) groups excluding carboxylic acids is 2. The highest BCUT2D eigenvalue weighted by Gasteiger charge is 2.21. The van der Waals surface area contributed by atoms with Crippen molar-refractivity contribution in [2.24, 2.45) is 0 Å². The van der Waals surface area contributed by atoms with Crippen molar-refractivity contribution in [2.75, 3.05) is 13.1 Å². The number of aryl methyl sites for hydroxylation is 2. The fourth-order valence-electron chi connectivity index (χ4n) is 2.90. The lowest BCUT2D eigenvalue weighted by Gasteiger charge is -2.28. The van der Waals surface area contributed by atoms with Crippen LogP contribution in [0.25, 0.3) is 5.70 Å². The van der Waals surface area contributed by atoms with Gasteiger partial charge in [-0.15, -0.1) is 0 Å². The average molecular weight is 363 g/mol. The van der Waals surface area contributed by atoms with Crippen molar-refractivity contribution < 1.29 is 9.59 Å². The number of amides is 2. The van der Waals surface area contributed by atoms with Crippen LogP contribution in [0.5, 0.6) is 0 Å². The van der Waals surface area contributed by atoms with E-state index < -0.39 is 0 Å². The summed E-state index contributed by atoms with van der Waals surface area (Å²) in [5.41, 5.74) is 8.49. The molecule has 0 radical (unpaired) electrons. The van der Waals surface area contributed by atoms with Gasteiger partial charge >= 0.3 is 0 Å². The first-order chi connectivity index (χ1) is 13.0. The second kappa shape index (κ2) is 8.54. The number of nitrogens with one attached hydrogen (secondary N) is 2. The highest BCUT2D eigenvalue weighted by atomic mass is 16.2. The molecule has 1 aliphatic heterocycles. The Kier molecular flexibility index (Phi) is 5.91. The number of hydrazine groups is 1. The SMILES string of the molecule is Cc1ccc(CCNC(=O)CN2NC(c3ccc(C)cc3)=CCC2=O)cc1. The minimum atomic E-state index is -0.173. The Morgan fingerprint density at radius 2 is 1.67 bits per heavy atom. The quantitative estimate of drug-likeness (QED) is 0.830. The zero-order valence-electron chi connectivity index (χ0n) is 15.8. The molecule has 0 aliphatic carbocycles. The Bertz CT molecular complexity index is 839. The van der Waals surface area contributed by atoms with Gasteiger partial charge in [0.05, 0.1) is 5.70 Å². The van der Waals surface area contributed by atoms with Crippen molar-refractivity contribution in [1.82, 2.24) is 15.8 Å². The molecule has 5 heteroatoms. The Morgan fingerprint density at radius 3 is 2.33 bits per heavy atom. The number of nitrogens with zero attached hydrogens (tertiary/aromatic N) is 1. The molecule has 140 valence electrons. The van der Waals surface area contributed by atoms with Crippen LogP contribution in [0.2, 0.25) is 0 Å². The Labute approximate surface area is 160 Å². The largest absolute Gasteiger partial charge is 0.354 e. The third-order valence-electron chi connectivity index (χ3n) is 4.56. The minimum absolute atomic E-state index is 0.00404. The van der Waals surface area contributed by atoms with E-state index in [0.717, 1.165) is 17.7 Å². The van der Waals surface area contributed by atoms with Crippen LogP contribution in [0.4, 0.5) is 0 Å². The van der Waals surface area contributed by atoms with Gasteiger partial charge in [0.25, 0.3) is 0 Å². The van der Waals surface area contributed by atoms with Crippen molar-refractivity contribution in [3.63, 3.8) is 0 Å². The molecule has 0 unspecified atom stereocenters. The van der Waals surface area contributed by atoms with E-state index >= 15 is 0 Å². The van der Waals surface area contributed by atoms with E-state index in [1.165, 1.54) is 21.7 Å². The molecule has 0 spiro atoms. The summed E-state index contributed by atoms with van der Waals surface area (Å²) in [5.74, 6) is -0.285. The topological polar surface area (TPSA) is 61.4 Å². The molecular weight excluding hydrogens is 338 g/mol. The smallest absolute Gasteiger partial charge is 0.245 e. The van der Waals surface area contributed by atoms with Crippen LogP contribution in [-0.4, -0.2) is 29.9 Å². The fourth-order valence-corrected chi connectivity index (χ4v) is 2.90. The summed E-state index contributed by atoms with van der Waals surface area (Å²) < 4.78 is 0. The van der Waals surface area contributed by atoms with E-state index in [-0.39, 0.29) is 24.8 Å². The van der Waals surface area contributed by atoms with Crippen LogP contribution >= 0.6 is 0 Å². The molecule has 0 saturated carbocycles. The normalized spacial score (nSPS) is 13.8. The van der Waals surface area contributed by atoms with Crippen LogP contribution < -0.4 is 10.7 Å². The van der Waals surface area contributed by atoms with Crippen LogP contribution in [0.15, 0.2) is 54.6 Å². The van der Waals surface area contributed by atoms with Gasteiger partial charge in [-0.2, -0.15) is 0 Å². The summed E-state index contributed by atoms with van der Waals surface area (Å²) in [6, 6.07) is 16.3. The molecule has 2 N–H and O–H groups in total. The first-order valence-electron chi connectivity index (χ1n) is 9.18. The van der Waals surface area contributed by atoms with Gasteiger partial charge < -0.3 is 5.32 Å². The maximum absolute atomic E-state index is 12.2. The molecule has 0 atom stereocenters. The van der Waals surface area contributed by atoms with E-state index in [2.05, 4.69) is 35.0 Å². The van der Waals surface area contributed by atoms with Gasteiger partial charge in [0.1, 0.15) is 6.54 Å². The van der Waals surface area contributed by atoms with Gasteiger partial charge in [-0.05, 0) is 37.5 Å². The number of hydrogen-bond acceptors (Lipinski definition) is 3. The molecule has 2 aromatic rings. The van der Waals surface area contributed by atoms with Crippen LogP contribution in [0.3, 0.4) is 0 Å². The van der Waals surface area contributed by atoms with Gasteiger partial charge in [-0.25, -0.2) is 5.01 Å². The van der Waals surface area contributed by atoms with Gasteiger partial charge in [0, 0.05) is 13.0 Å². The third kappa shape index (κ3) is 5.20. The van der Waals surface area contributed by atoms with Crippen LogP contribution in [0, 0.1) is 13.8 Å². The highest BCUT2D eigenvalue weighted by molar-refractivity contribution is 5.88. The maximum Gasteiger partial charge on any atom is 0.245 e. The molecule has 1 heterocycles. The third-order valence-corrected chi connectivity index (χ3v) is 4.56. The molecule has 0 aromatic heterocycles. The zero-order valence-corrected chi connectivity index (χ0v) is 15.8. The monoisotopic (exact) mass is 363 g/mol. The molecule has 1 aliphatic rings. The molecule has 2 aromatic carbocycles. The summed E-state index contributed by atoms with van der Waals surface area (Å²) in [7, 11) is 0. The second-order valence-electron chi connectivity index (χ2n) is 6.87. The minimum Gasteiger partial charge on any atom is -0.354 e. The molecule has 0 bridgehead atoms. The Balaban J connectivity index is 1.51. The Morgan fingerprint density at radius 1 is 1.04 bits per heavy atom. The molecule has 27 heavy (non-hydrogen) atoms. The molecule has 0 saturated heterocycles. The van der Waals surface area contributed by atoms with Gasteiger partial charge in [-0.1, -0.05) is 59.7 Å². The molecular formula is C22H25N3O2. The van der Waals surface area contributed by atoms with E-state index in [0.29, 0.717) is 6.54 Å². The first-order valence-corrected chi connectivity index (χ1v) is 9.18. The standard InChI is InChI=1S/C22H25N3O2/c1-16-3-7-18(8-4-16)13-14-23-21(26)15-25-22(27)12-11-20(24-25)19-9-5-17(2)6-10-19/h3-11,24H,12-15H2,1-2H3,(H,23,26). The average Bonchev–Trinajstić information content (AvgIpc) is 2.66. The molecule has 3 rings (SSSR count). The predicted octanol–water partition coefficient (Wildman–Crippen LogP) is 2.74. The van der Waals surface area contributed by atoms with Gasteiger partial charge in [0.2, 0.25) is 11.8 Å². The van der Waals surface area contributed by atoms with Crippen LogP contribution in [-0.2, 0) is 16.0 Å². The number of benzene rings is 2. The van der Waals surface area contributed by atoms with E-state index in [1.54, 1.807) is 0 Å². The number of rotatable bonds is 6. The van der Waals surface area contributed by atoms with Crippen molar-refractivity contribution in [3.05, 3.63) is 76.9 Å². The molecule has 2 amide bonds. The van der Waals surface area contributed by atoms with Crippen molar-refractivity contribution in [2.45, 2.75) is 26.7 Å². The van der Waals surface area contributed by atoms with Crippen molar-refractivity contribution in [3.8, 4) is 0 Å². The van der Waals surface area contributed by atoms with Gasteiger partial charge in [0.15, 0.2) is 0 Å². The lowest BCUT2D eigenvalue weighted by molar-refractivity contribution is -0.137. The fraction of sp³-hybridized carbons (Fsp3) is 0.273. The van der Waals surface area contributed by atoms with Crippen molar-refractivity contribution in [1.29, 1.82) is 0 Å². The number of hydrogen-bond donors (Lipinski definition) is 2. The van der Waals surface area contributed by atoms with E-state index in [4.69, 9.17) is 0 Å². The second-order valence-corrected chi connectivity index (χ2v) is 6.87.